The number of piperidine rings is 1. The largest absolute Gasteiger partial charge is 0.488 e. The van der Waals surface area contributed by atoms with Gasteiger partial charge < -0.3 is 19.3 Å². The van der Waals surface area contributed by atoms with Crippen LogP contribution in [0.1, 0.15) is 30.9 Å². The highest BCUT2D eigenvalue weighted by Crippen LogP contribution is 2.33. The third-order valence-electron chi connectivity index (χ3n) is 7.70. The maximum atomic E-state index is 11.9. The number of rotatable bonds is 8. The Kier molecular flexibility index (Phi) is 8.67. The lowest BCUT2D eigenvalue weighted by molar-refractivity contribution is 0.121. The minimum Gasteiger partial charge on any atom is -0.488 e. The summed E-state index contributed by atoms with van der Waals surface area (Å²) >= 11 is 0. The highest BCUT2D eigenvalue weighted by molar-refractivity contribution is 7.88. The summed E-state index contributed by atoms with van der Waals surface area (Å²) in [6, 6.07) is 6.52. The van der Waals surface area contributed by atoms with E-state index in [1.165, 1.54) is 11.8 Å². The number of hydrogen-bond acceptors (Lipinski definition) is 9. The normalized spacial score (nSPS) is 20.6. The predicted molar refractivity (Wildman–Crippen MR) is 148 cm³/mol. The first-order valence-electron chi connectivity index (χ1n) is 13.7. The molecule has 1 aromatic heterocycles. The Hall–Kier alpha value is -2.47. The topological polar surface area (TPSA) is 91.3 Å². The van der Waals surface area contributed by atoms with E-state index in [1.807, 2.05) is 12.4 Å². The highest BCUT2D eigenvalue weighted by Gasteiger charge is 2.26. The lowest BCUT2D eigenvalue weighted by Gasteiger charge is -2.35. The van der Waals surface area contributed by atoms with Crippen molar-refractivity contribution < 1.29 is 17.9 Å². The van der Waals surface area contributed by atoms with Crippen molar-refractivity contribution in [2.75, 3.05) is 81.6 Å². The summed E-state index contributed by atoms with van der Waals surface area (Å²) in [5.74, 6) is 1.73. The van der Waals surface area contributed by atoms with Crippen LogP contribution in [0, 0.1) is 0 Å². The lowest BCUT2D eigenvalue weighted by Crippen LogP contribution is -2.47. The number of morpholine rings is 1. The van der Waals surface area contributed by atoms with E-state index in [2.05, 4.69) is 49.8 Å². The van der Waals surface area contributed by atoms with Crippen LogP contribution in [0.4, 0.5) is 11.6 Å². The SMILES string of the molecule is CCc1cnc(N2CCC(Oc3ccc(CN4CCN(S(C)(=O)=O)CC4)cc3N3CCOCC3)CC2)nc1. The zero-order valence-electron chi connectivity index (χ0n) is 22.6. The molecule has 0 N–H and O–H groups in total. The van der Waals surface area contributed by atoms with Gasteiger partial charge in [0.15, 0.2) is 0 Å². The molecule has 3 fully saturated rings. The van der Waals surface area contributed by atoms with Crippen LogP contribution in [0.3, 0.4) is 0 Å². The van der Waals surface area contributed by atoms with Crippen LogP contribution in [0.25, 0.3) is 0 Å². The van der Waals surface area contributed by atoms with Crippen molar-refractivity contribution in [2.24, 2.45) is 0 Å². The summed E-state index contributed by atoms with van der Waals surface area (Å²) in [5.41, 5.74) is 3.50. The van der Waals surface area contributed by atoms with Crippen molar-refractivity contribution in [3.63, 3.8) is 0 Å². The smallest absolute Gasteiger partial charge is 0.225 e. The molecule has 38 heavy (non-hydrogen) atoms. The number of aryl methyl sites for hydroxylation is 1. The number of hydrogen-bond donors (Lipinski definition) is 0. The first kappa shape index (κ1) is 27.1. The number of sulfonamides is 1. The van der Waals surface area contributed by atoms with E-state index >= 15 is 0 Å². The second-order valence-electron chi connectivity index (χ2n) is 10.4. The fraction of sp³-hybridized carbons (Fsp3) is 0.630. The van der Waals surface area contributed by atoms with E-state index in [9.17, 15) is 8.42 Å². The van der Waals surface area contributed by atoms with Gasteiger partial charge in [-0.15, -0.1) is 0 Å². The molecule has 4 heterocycles. The van der Waals surface area contributed by atoms with E-state index < -0.39 is 10.0 Å². The number of nitrogens with zero attached hydrogens (tertiary/aromatic N) is 6. The predicted octanol–water partition coefficient (Wildman–Crippen LogP) is 2.00. The van der Waals surface area contributed by atoms with E-state index in [0.717, 1.165) is 88.0 Å². The number of anilines is 2. The molecule has 0 aliphatic carbocycles. The molecule has 5 rings (SSSR count). The van der Waals surface area contributed by atoms with Gasteiger partial charge in [0.2, 0.25) is 16.0 Å². The van der Waals surface area contributed by atoms with Gasteiger partial charge in [-0.2, -0.15) is 4.31 Å². The van der Waals surface area contributed by atoms with E-state index in [4.69, 9.17) is 9.47 Å². The fourth-order valence-corrected chi connectivity index (χ4v) is 6.16. The average molecular weight is 545 g/mol. The first-order chi connectivity index (χ1) is 18.4. The number of piperazine rings is 1. The summed E-state index contributed by atoms with van der Waals surface area (Å²) in [4.78, 5) is 16.0. The van der Waals surface area contributed by atoms with Gasteiger partial charge in [-0.25, -0.2) is 18.4 Å². The van der Waals surface area contributed by atoms with Crippen molar-refractivity contribution in [1.29, 1.82) is 0 Å². The Labute approximate surface area is 226 Å². The van der Waals surface area contributed by atoms with Crippen molar-refractivity contribution in [2.45, 2.75) is 38.8 Å². The molecule has 1 aromatic carbocycles. The van der Waals surface area contributed by atoms with Gasteiger partial charge in [-0.3, -0.25) is 4.90 Å². The van der Waals surface area contributed by atoms with Crippen molar-refractivity contribution in [1.82, 2.24) is 19.2 Å². The van der Waals surface area contributed by atoms with Crippen molar-refractivity contribution in [3.05, 3.63) is 41.7 Å². The van der Waals surface area contributed by atoms with Crippen LogP contribution in [-0.4, -0.2) is 106 Å². The maximum absolute atomic E-state index is 11.9. The zero-order chi connectivity index (χ0) is 26.5. The molecule has 0 radical (unpaired) electrons. The summed E-state index contributed by atoms with van der Waals surface area (Å²) in [7, 11) is -3.12. The Bertz CT molecular complexity index is 1160. The maximum Gasteiger partial charge on any atom is 0.225 e. The van der Waals surface area contributed by atoms with Gasteiger partial charge in [-0.1, -0.05) is 13.0 Å². The Balaban J connectivity index is 1.23. The zero-order valence-corrected chi connectivity index (χ0v) is 23.4. The molecule has 2 aromatic rings. The lowest BCUT2D eigenvalue weighted by atomic mass is 10.1. The molecule has 10 nitrogen and oxygen atoms in total. The Morgan fingerprint density at radius 1 is 0.921 bits per heavy atom. The summed E-state index contributed by atoms with van der Waals surface area (Å²) in [5, 5.41) is 0. The van der Waals surface area contributed by atoms with Crippen LogP contribution in [0.2, 0.25) is 0 Å². The van der Waals surface area contributed by atoms with Crippen LogP contribution < -0.4 is 14.5 Å². The number of aromatic nitrogens is 2. The third-order valence-corrected chi connectivity index (χ3v) is 9.00. The second-order valence-corrected chi connectivity index (χ2v) is 12.4. The highest BCUT2D eigenvalue weighted by atomic mass is 32.2. The third kappa shape index (κ3) is 6.74. The van der Waals surface area contributed by atoms with Gasteiger partial charge in [0.25, 0.3) is 0 Å². The summed E-state index contributed by atoms with van der Waals surface area (Å²) in [6.45, 7) is 10.3. The number of ether oxygens (including phenoxy) is 2. The molecule has 0 amide bonds. The van der Waals surface area contributed by atoms with Crippen molar-refractivity contribution >= 4 is 21.7 Å². The van der Waals surface area contributed by atoms with Gasteiger partial charge in [0.05, 0.1) is 25.2 Å². The van der Waals surface area contributed by atoms with Crippen LogP contribution in [0.15, 0.2) is 30.6 Å². The minimum atomic E-state index is -3.12. The standard InChI is InChI=1S/C27H40N6O4S/c1-3-22-19-28-27(29-20-22)32-8-6-24(7-9-32)37-26-5-4-23(18-25(26)31-14-16-36-17-15-31)21-30-10-12-33(13-11-30)38(2,34)35/h4-5,18-20,24H,3,6-17,21H2,1-2H3. The number of benzene rings is 1. The average Bonchev–Trinajstić information content (AvgIpc) is 2.95. The van der Waals surface area contributed by atoms with Gasteiger partial charge in [0, 0.05) is 84.1 Å². The van der Waals surface area contributed by atoms with E-state index in [1.54, 1.807) is 4.31 Å². The molecule has 3 aliphatic rings. The molecule has 0 spiro atoms. The van der Waals surface area contributed by atoms with Crippen LogP contribution in [0.5, 0.6) is 5.75 Å². The minimum absolute atomic E-state index is 0.149. The molecule has 3 saturated heterocycles. The Morgan fingerprint density at radius 3 is 2.24 bits per heavy atom. The van der Waals surface area contributed by atoms with Gasteiger partial charge in [-0.05, 0) is 29.7 Å². The van der Waals surface area contributed by atoms with Crippen molar-refractivity contribution in [3.8, 4) is 5.75 Å². The molecular weight excluding hydrogens is 504 g/mol. The Morgan fingerprint density at radius 2 is 1.61 bits per heavy atom. The molecule has 0 unspecified atom stereocenters. The summed E-state index contributed by atoms with van der Waals surface area (Å²) < 4.78 is 37.5. The monoisotopic (exact) mass is 544 g/mol. The molecule has 208 valence electrons. The molecule has 3 aliphatic heterocycles. The van der Waals surface area contributed by atoms with Crippen LogP contribution in [-0.2, 0) is 27.7 Å². The fourth-order valence-electron chi connectivity index (χ4n) is 5.34. The second kappa shape index (κ2) is 12.1. The molecular formula is C27H40N6O4S. The first-order valence-corrected chi connectivity index (χ1v) is 15.6. The molecule has 0 atom stereocenters. The summed E-state index contributed by atoms with van der Waals surface area (Å²) in [6.07, 6.45) is 8.08. The molecule has 0 saturated carbocycles. The van der Waals surface area contributed by atoms with E-state index in [-0.39, 0.29) is 6.10 Å². The quantitative estimate of drug-likeness (QED) is 0.495. The molecule has 11 heteroatoms. The molecule has 0 bridgehead atoms. The van der Waals surface area contributed by atoms with E-state index in [0.29, 0.717) is 26.3 Å². The van der Waals surface area contributed by atoms with Crippen LogP contribution >= 0.6 is 0 Å². The van der Waals surface area contributed by atoms with Gasteiger partial charge in [0.1, 0.15) is 11.9 Å². The van der Waals surface area contributed by atoms with Gasteiger partial charge >= 0.3 is 0 Å².